The van der Waals surface area contributed by atoms with E-state index in [4.69, 9.17) is 4.74 Å². The number of rotatable bonds is 5. The third-order valence-electron chi connectivity index (χ3n) is 5.84. The molecule has 1 aromatic heterocycles. The molecule has 1 N–H and O–H groups in total. The average Bonchev–Trinajstić information content (AvgIpc) is 3.31. The molecule has 2 fully saturated rings. The number of amides is 1. The van der Waals surface area contributed by atoms with Gasteiger partial charge >= 0.3 is 0 Å². The van der Waals surface area contributed by atoms with Crippen LogP contribution in [-0.4, -0.2) is 57.4 Å². The molecule has 3 unspecified atom stereocenters. The van der Waals surface area contributed by atoms with Gasteiger partial charge in [-0.3, -0.25) is 4.79 Å². The number of hydrogen-bond acceptors (Lipinski definition) is 4. The lowest BCUT2D eigenvalue weighted by Gasteiger charge is -2.40. The van der Waals surface area contributed by atoms with E-state index in [-0.39, 0.29) is 24.0 Å². The first kappa shape index (κ1) is 18.2. The van der Waals surface area contributed by atoms with Crippen LogP contribution in [0.3, 0.4) is 0 Å². The molecule has 2 aromatic rings. The summed E-state index contributed by atoms with van der Waals surface area (Å²) in [5.74, 6) is 0.223. The van der Waals surface area contributed by atoms with Gasteiger partial charge in [-0.05, 0) is 18.4 Å². The van der Waals surface area contributed by atoms with E-state index < -0.39 is 0 Å². The molecule has 1 saturated carbocycles. The smallest absolute Gasteiger partial charge is 0.228 e. The number of aromatic nitrogens is 2. The fourth-order valence-corrected chi connectivity index (χ4v) is 4.38. The number of aliphatic hydroxyl groups excluding tert-OH is 1. The van der Waals surface area contributed by atoms with Gasteiger partial charge in [0.15, 0.2) is 0 Å². The summed E-state index contributed by atoms with van der Waals surface area (Å²) >= 11 is 0. The highest BCUT2D eigenvalue weighted by Gasteiger charge is 2.39. The fourth-order valence-electron chi connectivity index (χ4n) is 4.38. The molecule has 27 heavy (non-hydrogen) atoms. The van der Waals surface area contributed by atoms with Crippen molar-refractivity contribution in [2.24, 2.45) is 5.92 Å². The van der Waals surface area contributed by atoms with Crippen LogP contribution in [-0.2, 0) is 22.5 Å². The highest BCUT2D eigenvalue weighted by atomic mass is 16.5. The molecule has 1 aliphatic heterocycles. The van der Waals surface area contributed by atoms with E-state index in [9.17, 15) is 9.90 Å². The van der Waals surface area contributed by atoms with Crippen molar-refractivity contribution < 1.29 is 14.6 Å². The number of carbonyl (C=O) groups excluding carboxylic acids is 1. The second kappa shape index (κ2) is 8.23. The van der Waals surface area contributed by atoms with E-state index in [1.165, 1.54) is 5.56 Å². The number of benzene rings is 1. The number of ether oxygens (including phenoxy) is 1. The van der Waals surface area contributed by atoms with Crippen molar-refractivity contribution in [2.45, 2.75) is 44.4 Å². The molecule has 1 aliphatic carbocycles. The first-order chi connectivity index (χ1) is 13.2. The van der Waals surface area contributed by atoms with Gasteiger partial charge in [0.25, 0.3) is 0 Å². The predicted octanol–water partition coefficient (Wildman–Crippen LogP) is 1.86. The van der Waals surface area contributed by atoms with Gasteiger partial charge in [-0.1, -0.05) is 36.8 Å². The van der Waals surface area contributed by atoms with E-state index in [1.807, 2.05) is 27.7 Å². The third-order valence-corrected chi connectivity index (χ3v) is 5.84. The second-order valence-electron chi connectivity index (χ2n) is 7.57. The summed E-state index contributed by atoms with van der Waals surface area (Å²) < 4.78 is 7.67. The van der Waals surface area contributed by atoms with Crippen molar-refractivity contribution in [1.29, 1.82) is 0 Å². The first-order valence-corrected chi connectivity index (χ1v) is 9.80. The molecule has 0 spiro atoms. The van der Waals surface area contributed by atoms with E-state index in [0.717, 1.165) is 25.0 Å². The van der Waals surface area contributed by atoms with Gasteiger partial charge in [0.05, 0.1) is 38.1 Å². The number of aliphatic hydroxyl groups is 1. The van der Waals surface area contributed by atoms with Crippen LogP contribution in [0.4, 0.5) is 0 Å². The molecule has 1 aromatic carbocycles. The molecule has 2 aliphatic rings. The summed E-state index contributed by atoms with van der Waals surface area (Å²) in [4.78, 5) is 19.3. The Morgan fingerprint density at radius 2 is 2.11 bits per heavy atom. The second-order valence-corrected chi connectivity index (χ2v) is 7.57. The highest BCUT2D eigenvalue weighted by Crippen LogP contribution is 2.32. The van der Waals surface area contributed by atoms with Crippen LogP contribution < -0.4 is 0 Å². The topological polar surface area (TPSA) is 67.6 Å². The Kier molecular flexibility index (Phi) is 5.55. The summed E-state index contributed by atoms with van der Waals surface area (Å²) in [7, 11) is 0. The Morgan fingerprint density at radius 3 is 2.89 bits per heavy atom. The monoisotopic (exact) mass is 369 g/mol. The predicted molar refractivity (Wildman–Crippen MR) is 101 cm³/mol. The van der Waals surface area contributed by atoms with Crippen LogP contribution in [0, 0.1) is 5.92 Å². The molecule has 3 atom stereocenters. The maximum absolute atomic E-state index is 13.1. The summed E-state index contributed by atoms with van der Waals surface area (Å²) in [6, 6.07) is 10.2. The number of carbonyl (C=O) groups is 1. The average molecular weight is 369 g/mol. The highest BCUT2D eigenvalue weighted by molar-refractivity contribution is 5.78. The van der Waals surface area contributed by atoms with Crippen molar-refractivity contribution in [1.82, 2.24) is 14.5 Å². The van der Waals surface area contributed by atoms with E-state index in [0.29, 0.717) is 32.7 Å². The molecule has 4 rings (SSSR count). The minimum Gasteiger partial charge on any atom is -0.393 e. The van der Waals surface area contributed by atoms with Crippen LogP contribution in [0.1, 0.15) is 30.5 Å². The molecular weight excluding hydrogens is 342 g/mol. The number of hydrogen-bond donors (Lipinski definition) is 1. The molecule has 1 saturated heterocycles. The van der Waals surface area contributed by atoms with Crippen molar-refractivity contribution in [3.05, 3.63) is 54.1 Å². The van der Waals surface area contributed by atoms with Gasteiger partial charge in [-0.2, -0.15) is 0 Å². The number of nitrogens with zero attached hydrogens (tertiary/aromatic N) is 3. The summed E-state index contributed by atoms with van der Waals surface area (Å²) in [5, 5.41) is 10.3. The maximum Gasteiger partial charge on any atom is 0.228 e. The zero-order valence-electron chi connectivity index (χ0n) is 15.5. The standard InChI is InChI=1S/C21H27N3O3/c25-20-8-4-7-18(20)19-14-27-10-9-24(19)21(26)11-17-12-22-15-23(17)13-16-5-2-1-3-6-16/h1-3,5-6,12,15,18-20,25H,4,7-11,13-14H2. The summed E-state index contributed by atoms with van der Waals surface area (Å²) in [5.41, 5.74) is 2.10. The molecule has 2 heterocycles. The molecular formula is C21H27N3O3. The molecule has 6 nitrogen and oxygen atoms in total. The minimum absolute atomic E-state index is 0.0192. The third kappa shape index (κ3) is 4.06. The Bertz CT molecular complexity index is 761. The van der Waals surface area contributed by atoms with Crippen molar-refractivity contribution in [2.75, 3.05) is 19.8 Å². The van der Waals surface area contributed by atoms with Gasteiger partial charge in [0, 0.05) is 30.9 Å². The molecule has 144 valence electrons. The Morgan fingerprint density at radius 1 is 1.26 bits per heavy atom. The van der Waals surface area contributed by atoms with Crippen LogP contribution in [0.2, 0.25) is 0 Å². The fraction of sp³-hybridized carbons (Fsp3) is 0.524. The SMILES string of the molecule is O=C(Cc1cncn1Cc1ccccc1)N1CCOCC1C1CCCC1O. The summed E-state index contributed by atoms with van der Waals surface area (Å²) in [6.07, 6.45) is 6.38. The molecule has 1 amide bonds. The van der Waals surface area contributed by atoms with Gasteiger partial charge in [0.1, 0.15) is 0 Å². The van der Waals surface area contributed by atoms with E-state index in [2.05, 4.69) is 17.1 Å². The number of imidazole rings is 1. The van der Waals surface area contributed by atoms with Crippen LogP contribution in [0.5, 0.6) is 0 Å². The molecule has 0 bridgehead atoms. The zero-order valence-corrected chi connectivity index (χ0v) is 15.5. The Hall–Kier alpha value is -2.18. The summed E-state index contributed by atoms with van der Waals surface area (Å²) in [6.45, 7) is 2.39. The van der Waals surface area contributed by atoms with E-state index >= 15 is 0 Å². The first-order valence-electron chi connectivity index (χ1n) is 9.80. The van der Waals surface area contributed by atoms with Crippen molar-refractivity contribution in [3.8, 4) is 0 Å². The Balaban J connectivity index is 1.46. The van der Waals surface area contributed by atoms with Gasteiger partial charge in [-0.25, -0.2) is 4.98 Å². The van der Waals surface area contributed by atoms with Crippen LogP contribution >= 0.6 is 0 Å². The maximum atomic E-state index is 13.1. The van der Waals surface area contributed by atoms with Crippen molar-refractivity contribution in [3.63, 3.8) is 0 Å². The van der Waals surface area contributed by atoms with Gasteiger partial charge < -0.3 is 19.3 Å². The number of morpholine rings is 1. The van der Waals surface area contributed by atoms with Crippen molar-refractivity contribution >= 4 is 5.91 Å². The Labute approximate surface area is 159 Å². The lowest BCUT2D eigenvalue weighted by molar-refractivity contribution is -0.143. The molecule has 0 radical (unpaired) electrons. The van der Waals surface area contributed by atoms with Gasteiger partial charge in [-0.15, -0.1) is 0 Å². The minimum atomic E-state index is -0.324. The van der Waals surface area contributed by atoms with Gasteiger partial charge in [0.2, 0.25) is 5.91 Å². The molecule has 6 heteroatoms. The van der Waals surface area contributed by atoms with Crippen LogP contribution in [0.25, 0.3) is 0 Å². The zero-order chi connectivity index (χ0) is 18.6. The van der Waals surface area contributed by atoms with E-state index in [1.54, 1.807) is 12.5 Å². The normalized spacial score (nSPS) is 25.7. The lowest BCUT2D eigenvalue weighted by atomic mass is 9.94. The lowest BCUT2D eigenvalue weighted by Crippen LogP contribution is -2.54. The van der Waals surface area contributed by atoms with Crippen LogP contribution in [0.15, 0.2) is 42.9 Å². The largest absolute Gasteiger partial charge is 0.393 e. The quantitative estimate of drug-likeness (QED) is 0.874.